The van der Waals surface area contributed by atoms with Gasteiger partial charge >= 0.3 is 0 Å². The third-order valence-corrected chi connectivity index (χ3v) is 6.65. The SMILES string of the molecule is CCOc1c(/C(C)=C/C(=O)Nc2ccc3ncccc3c2)cc2c(-c3ccc(C)cc3C)coc2c1C. The number of benzene rings is 3. The second kappa shape index (κ2) is 9.94. The number of hydrogen-bond donors (Lipinski definition) is 1. The predicted molar refractivity (Wildman–Crippen MR) is 151 cm³/mol. The molecule has 0 bridgehead atoms. The number of hydrogen-bond acceptors (Lipinski definition) is 4. The molecule has 0 radical (unpaired) electrons. The first kappa shape index (κ1) is 24.3. The Balaban J connectivity index is 1.55. The zero-order chi connectivity index (χ0) is 26.1. The summed E-state index contributed by atoms with van der Waals surface area (Å²) in [5.74, 6) is 0.526. The number of nitrogens with one attached hydrogen (secondary N) is 1. The Morgan fingerprint density at radius 1 is 1.05 bits per heavy atom. The molecule has 1 N–H and O–H groups in total. The number of ether oxygens (including phenoxy) is 1. The van der Waals surface area contributed by atoms with Crippen molar-refractivity contribution >= 4 is 39.0 Å². The molecule has 0 atom stereocenters. The van der Waals surface area contributed by atoms with Crippen LogP contribution in [0.1, 0.15) is 36.1 Å². The van der Waals surface area contributed by atoms with E-state index >= 15 is 0 Å². The number of furan rings is 1. The predicted octanol–water partition coefficient (Wildman–Crippen LogP) is 8.01. The van der Waals surface area contributed by atoms with Crippen LogP contribution in [-0.4, -0.2) is 17.5 Å². The van der Waals surface area contributed by atoms with Crippen molar-refractivity contribution in [3.8, 4) is 16.9 Å². The summed E-state index contributed by atoms with van der Waals surface area (Å²) >= 11 is 0. The van der Waals surface area contributed by atoms with Gasteiger partial charge in [-0.3, -0.25) is 9.78 Å². The van der Waals surface area contributed by atoms with E-state index in [-0.39, 0.29) is 5.91 Å². The Bertz CT molecular complexity index is 1680. The van der Waals surface area contributed by atoms with Crippen LogP contribution in [0, 0.1) is 20.8 Å². The zero-order valence-corrected chi connectivity index (χ0v) is 21.8. The largest absolute Gasteiger partial charge is 0.493 e. The minimum Gasteiger partial charge on any atom is -0.493 e. The molecule has 0 aliphatic rings. The highest BCUT2D eigenvalue weighted by molar-refractivity contribution is 6.06. The summed E-state index contributed by atoms with van der Waals surface area (Å²) < 4.78 is 12.1. The van der Waals surface area contributed by atoms with Gasteiger partial charge in [-0.2, -0.15) is 0 Å². The molecular weight excluding hydrogens is 460 g/mol. The lowest BCUT2D eigenvalue weighted by Crippen LogP contribution is -2.09. The van der Waals surface area contributed by atoms with Gasteiger partial charge in [0.15, 0.2) is 0 Å². The minimum absolute atomic E-state index is 0.206. The summed E-state index contributed by atoms with van der Waals surface area (Å²) in [5, 5.41) is 4.95. The van der Waals surface area contributed by atoms with Gasteiger partial charge in [0.05, 0.1) is 18.4 Å². The van der Waals surface area contributed by atoms with Gasteiger partial charge in [0.1, 0.15) is 11.3 Å². The van der Waals surface area contributed by atoms with Crippen molar-refractivity contribution in [3.05, 3.63) is 95.4 Å². The van der Waals surface area contributed by atoms with Crippen LogP contribution in [0.25, 0.3) is 38.6 Å². The highest BCUT2D eigenvalue weighted by Crippen LogP contribution is 2.41. The highest BCUT2D eigenvalue weighted by atomic mass is 16.5. The number of aryl methyl sites for hydroxylation is 3. The smallest absolute Gasteiger partial charge is 0.248 e. The lowest BCUT2D eigenvalue weighted by molar-refractivity contribution is -0.111. The number of aromatic nitrogens is 1. The lowest BCUT2D eigenvalue weighted by atomic mass is 9.94. The van der Waals surface area contributed by atoms with Crippen molar-refractivity contribution in [2.24, 2.45) is 0 Å². The third-order valence-electron chi connectivity index (χ3n) is 6.65. The van der Waals surface area contributed by atoms with Gasteiger partial charge in [-0.1, -0.05) is 29.8 Å². The summed E-state index contributed by atoms with van der Waals surface area (Å²) in [7, 11) is 0. The molecule has 0 aliphatic carbocycles. The number of amides is 1. The van der Waals surface area contributed by atoms with Crippen LogP contribution < -0.4 is 10.1 Å². The third kappa shape index (κ3) is 4.73. The number of fused-ring (bicyclic) bond motifs is 2. The Morgan fingerprint density at radius 3 is 2.68 bits per heavy atom. The molecular formula is C32H30N2O3. The van der Waals surface area contributed by atoms with Crippen LogP contribution in [0.15, 0.2) is 77.6 Å². The fourth-order valence-electron chi connectivity index (χ4n) is 4.87. The zero-order valence-electron chi connectivity index (χ0n) is 21.8. The van der Waals surface area contributed by atoms with Gasteiger partial charge in [-0.05, 0) is 81.7 Å². The molecule has 3 aromatic carbocycles. The molecule has 0 saturated heterocycles. The van der Waals surface area contributed by atoms with Crippen LogP contribution in [-0.2, 0) is 4.79 Å². The van der Waals surface area contributed by atoms with Gasteiger partial charge in [0.2, 0.25) is 5.91 Å². The van der Waals surface area contributed by atoms with Gasteiger partial charge in [0, 0.05) is 45.4 Å². The van der Waals surface area contributed by atoms with Crippen LogP contribution in [0.4, 0.5) is 5.69 Å². The standard InChI is InChI=1S/C32H30N2O3/c1-6-36-31-22(5)32-27(28(18-37-32)25-11-9-19(2)14-20(25)3)17-26(31)21(4)15-30(35)34-24-10-12-29-23(16-24)8-7-13-33-29/h7-18H,6H2,1-5H3,(H,34,35)/b21-15+. The first-order chi connectivity index (χ1) is 17.9. The molecule has 2 heterocycles. The van der Waals surface area contributed by atoms with Gasteiger partial charge < -0.3 is 14.5 Å². The molecule has 5 aromatic rings. The van der Waals surface area contributed by atoms with E-state index in [4.69, 9.17) is 9.15 Å². The van der Waals surface area contributed by atoms with E-state index in [0.29, 0.717) is 6.61 Å². The van der Waals surface area contributed by atoms with E-state index in [1.165, 1.54) is 11.1 Å². The number of anilines is 1. The van der Waals surface area contributed by atoms with E-state index in [1.54, 1.807) is 12.3 Å². The average molecular weight is 491 g/mol. The van der Waals surface area contributed by atoms with Crippen LogP contribution >= 0.6 is 0 Å². The summed E-state index contributed by atoms with van der Waals surface area (Å²) in [6.07, 6.45) is 5.19. The van der Waals surface area contributed by atoms with Crippen molar-refractivity contribution in [2.75, 3.05) is 11.9 Å². The monoisotopic (exact) mass is 490 g/mol. The second-order valence-corrected chi connectivity index (χ2v) is 9.38. The summed E-state index contributed by atoms with van der Waals surface area (Å²) in [6.45, 7) is 10.6. The molecule has 5 rings (SSSR count). The van der Waals surface area contributed by atoms with Crippen LogP contribution in [0.5, 0.6) is 5.75 Å². The molecule has 1 amide bonds. The topological polar surface area (TPSA) is 64.4 Å². The van der Waals surface area contributed by atoms with E-state index in [9.17, 15) is 4.79 Å². The maximum Gasteiger partial charge on any atom is 0.248 e. The second-order valence-electron chi connectivity index (χ2n) is 9.38. The van der Waals surface area contributed by atoms with Crippen molar-refractivity contribution < 1.29 is 13.9 Å². The maximum absolute atomic E-state index is 13.0. The number of pyridine rings is 1. The van der Waals surface area contributed by atoms with Gasteiger partial charge in [-0.15, -0.1) is 0 Å². The average Bonchev–Trinajstić information content (AvgIpc) is 3.29. The molecule has 0 spiro atoms. The minimum atomic E-state index is -0.206. The Hall–Kier alpha value is -4.38. The summed E-state index contributed by atoms with van der Waals surface area (Å²) in [5.41, 5.74) is 9.56. The molecule has 0 aliphatic heterocycles. The molecule has 0 fully saturated rings. The van der Waals surface area contributed by atoms with Gasteiger partial charge in [0.25, 0.3) is 0 Å². The van der Waals surface area contributed by atoms with Crippen molar-refractivity contribution in [1.29, 1.82) is 0 Å². The number of carbonyl (C=O) groups is 1. The van der Waals surface area contributed by atoms with E-state index < -0.39 is 0 Å². The first-order valence-corrected chi connectivity index (χ1v) is 12.5. The van der Waals surface area contributed by atoms with E-state index in [2.05, 4.69) is 48.4 Å². The number of nitrogens with zero attached hydrogens (tertiary/aromatic N) is 1. The van der Waals surface area contributed by atoms with Crippen molar-refractivity contribution in [3.63, 3.8) is 0 Å². The highest BCUT2D eigenvalue weighted by Gasteiger charge is 2.20. The number of carbonyl (C=O) groups excluding carboxylic acids is 1. The Morgan fingerprint density at radius 2 is 1.89 bits per heavy atom. The lowest BCUT2D eigenvalue weighted by Gasteiger charge is -2.15. The maximum atomic E-state index is 13.0. The molecule has 2 aromatic heterocycles. The van der Waals surface area contributed by atoms with Crippen LogP contribution in [0.2, 0.25) is 0 Å². The quantitative estimate of drug-likeness (QED) is 0.245. The summed E-state index contributed by atoms with van der Waals surface area (Å²) in [6, 6.07) is 18.0. The van der Waals surface area contributed by atoms with Crippen molar-refractivity contribution in [2.45, 2.75) is 34.6 Å². The fraction of sp³-hybridized carbons (Fsp3) is 0.188. The van der Waals surface area contributed by atoms with E-state index in [1.807, 2.05) is 57.4 Å². The van der Waals surface area contributed by atoms with Crippen molar-refractivity contribution in [1.82, 2.24) is 4.98 Å². The molecule has 5 nitrogen and oxygen atoms in total. The molecule has 0 saturated carbocycles. The normalized spacial score (nSPS) is 11.8. The first-order valence-electron chi connectivity index (χ1n) is 12.5. The molecule has 37 heavy (non-hydrogen) atoms. The Labute approximate surface area is 216 Å². The number of allylic oxidation sites excluding steroid dienone is 1. The summed E-state index contributed by atoms with van der Waals surface area (Å²) in [4.78, 5) is 17.3. The molecule has 0 unspecified atom stereocenters. The fourth-order valence-corrected chi connectivity index (χ4v) is 4.87. The van der Waals surface area contributed by atoms with E-state index in [0.717, 1.165) is 61.1 Å². The van der Waals surface area contributed by atoms with Crippen LogP contribution in [0.3, 0.4) is 0 Å². The van der Waals surface area contributed by atoms with Gasteiger partial charge in [-0.25, -0.2) is 0 Å². The number of rotatable bonds is 6. The molecule has 5 heteroatoms. The Kier molecular flexibility index (Phi) is 6.53. The molecule has 186 valence electrons.